The van der Waals surface area contributed by atoms with E-state index in [1.165, 1.54) is 31.3 Å². The molecule has 2 atom stereocenters. The van der Waals surface area contributed by atoms with Gasteiger partial charge in [-0.1, -0.05) is 36.7 Å². The Morgan fingerprint density at radius 1 is 1.11 bits per heavy atom. The van der Waals surface area contributed by atoms with Gasteiger partial charge in [0, 0.05) is 23.6 Å². The molecule has 37 heavy (non-hydrogen) atoms. The normalized spacial score (nSPS) is 16.0. The molecule has 0 spiro atoms. The monoisotopic (exact) mass is 537 g/mol. The smallest absolute Gasteiger partial charge is 0.422 e. The first kappa shape index (κ1) is 26.4. The molecule has 0 saturated heterocycles. The maximum atomic E-state index is 14.5. The third kappa shape index (κ3) is 4.51. The number of fused-ring (bicyclic) bond motifs is 1. The first-order valence-corrected chi connectivity index (χ1v) is 11.3. The van der Waals surface area contributed by atoms with Crippen molar-refractivity contribution in [1.29, 1.82) is 0 Å². The third-order valence-corrected chi connectivity index (χ3v) is 6.86. The van der Waals surface area contributed by atoms with Gasteiger partial charge in [0.2, 0.25) is 0 Å². The zero-order chi connectivity index (χ0) is 27.3. The summed E-state index contributed by atoms with van der Waals surface area (Å²) in [5, 5.41) is 20.2. The van der Waals surface area contributed by atoms with Crippen molar-refractivity contribution in [3.63, 3.8) is 0 Å². The SMILES string of the molecule is C[C@@H](c1ccc(-c2cc(C(=O)O)ccc2F)cc1Cl)[C@](O)(c1ccc2c(c1)N(C)C(=O)CO2)C(F)(F)F. The molecule has 3 aromatic carbocycles. The van der Waals surface area contributed by atoms with Gasteiger partial charge in [-0.05, 0) is 53.1 Å². The minimum Gasteiger partial charge on any atom is -0.482 e. The van der Waals surface area contributed by atoms with Gasteiger partial charge in [-0.2, -0.15) is 13.2 Å². The van der Waals surface area contributed by atoms with Crippen molar-refractivity contribution in [3.05, 3.63) is 82.1 Å². The van der Waals surface area contributed by atoms with Crippen LogP contribution in [0.5, 0.6) is 5.75 Å². The van der Waals surface area contributed by atoms with E-state index in [0.717, 1.165) is 42.2 Å². The number of carboxylic acids is 1. The van der Waals surface area contributed by atoms with Gasteiger partial charge in [0.15, 0.2) is 12.2 Å². The number of nitrogens with zero attached hydrogens (tertiary/aromatic N) is 1. The Kier molecular flexibility index (Phi) is 6.68. The number of aliphatic hydroxyl groups is 1. The number of carboxylic acid groups (broad SMARTS) is 1. The zero-order valence-corrected chi connectivity index (χ0v) is 20.2. The van der Waals surface area contributed by atoms with Crippen LogP contribution in [0.2, 0.25) is 5.02 Å². The molecule has 1 amide bonds. The first-order valence-electron chi connectivity index (χ1n) is 10.9. The van der Waals surface area contributed by atoms with Gasteiger partial charge in [-0.3, -0.25) is 4.79 Å². The van der Waals surface area contributed by atoms with Gasteiger partial charge in [-0.15, -0.1) is 0 Å². The summed E-state index contributed by atoms with van der Waals surface area (Å²) in [5.74, 6) is -3.95. The predicted molar refractivity (Wildman–Crippen MR) is 128 cm³/mol. The lowest BCUT2D eigenvalue weighted by molar-refractivity contribution is -0.274. The summed E-state index contributed by atoms with van der Waals surface area (Å²) in [6.45, 7) is 0.880. The van der Waals surface area contributed by atoms with Crippen molar-refractivity contribution >= 4 is 29.2 Å². The summed E-state index contributed by atoms with van der Waals surface area (Å²) < 4.78 is 63.1. The van der Waals surface area contributed by atoms with Crippen molar-refractivity contribution in [3.8, 4) is 16.9 Å². The topological polar surface area (TPSA) is 87.1 Å². The summed E-state index contributed by atoms with van der Waals surface area (Å²) in [6.07, 6.45) is -5.16. The van der Waals surface area contributed by atoms with Gasteiger partial charge in [0.25, 0.3) is 5.91 Å². The first-order chi connectivity index (χ1) is 17.3. The van der Waals surface area contributed by atoms with Crippen LogP contribution in [0.4, 0.5) is 23.2 Å². The summed E-state index contributed by atoms with van der Waals surface area (Å²) in [4.78, 5) is 24.4. The molecular formula is C26H20ClF4NO5. The number of carbonyl (C=O) groups is 2. The molecule has 0 radical (unpaired) electrons. The molecule has 6 nitrogen and oxygen atoms in total. The van der Waals surface area contributed by atoms with Gasteiger partial charge < -0.3 is 19.8 Å². The minimum absolute atomic E-state index is 0.0684. The van der Waals surface area contributed by atoms with Crippen molar-refractivity contribution in [1.82, 2.24) is 0 Å². The van der Waals surface area contributed by atoms with Crippen LogP contribution in [0, 0.1) is 5.82 Å². The van der Waals surface area contributed by atoms with Gasteiger partial charge in [0.05, 0.1) is 11.3 Å². The number of ether oxygens (including phenoxy) is 1. The van der Waals surface area contributed by atoms with Crippen LogP contribution in [0.1, 0.15) is 34.3 Å². The van der Waals surface area contributed by atoms with E-state index >= 15 is 0 Å². The van der Waals surface area contributed by atoms with Crippen molar-refractivity contribution in [2.24, 2.45) is 0 Å². The van der Waals surface area contributed by atoms with E-state index in [2.05, 4.69) is 0 Å². The Balaban J connectivity index is 1.79. The van der Waals surface area contributed by atoms with Crippen molar-refractivity contribution < 1.29 is 42.1 Å². The van der Waals surface area contributed by atoms with E-state index in [-0.39, 0.29) is 45.3 Å². The largest absolute Gasteiger partial charge is 0.482 e. The molecule has 1 aliphatic heterocycles. The number of benzene rings is 3. The maximum absolute atomic E-state index is 14.5. The lowest BCUT2D eigenvalue weighted by Gasteiger charge is -2.38. The highest BCUT2D eigenvalue weighted by Gasteiger charge is 2.59. The van der Waals surface area contributed by atoms with Crippen LogP contribution >= 0.6 is 11.6 Å². The Morgan fingerprint density at radius 3 is 2.43 bits per heavy atom. The second-order valence-electron chi connectivity index (χ2n) is 8.65. The Labute approximate surface area is 213 Å². The number of halogens is 5. The number of carbonyl (C=O) groups excluding carboxylic acids is 1. The standard InChI is InChI=1S/C26H20ClF4NO5/c1-13(17-6-3-14(10-19(17)27)18-9-15(24(34)35)4-7-20(18)28)25(36,26(29,30)31)16-5-8-22-21(11-16)32(2)23(33)12-37-22/h3-11,13,36H,12H2,1-2H3,(H,34,35)/t13-,25-/m0/s1. The van der Waals surface area contributed by atoms with Gasteiger partial charge >= 0.3 is 12.1 Å². The second kappa shape index (κ2) is 9.35. The fourth-order valence-corrected chi connectivity index (χ4v) is 4.66. The molecular weight excluding hydrogens is 518 g/mol. The Morgan fingerprint density at radius 2 is 1.81 bits per heavy atom. The maximum Gasteiger partial charge on any atom is 0.422 e. The number of hydrogen-bond donors (Lipinski definition) is 2. The third-order valence-electron chi connectivity index (χ3n) is 6.54. The van der Waals surface area contributed by atoms with Crippen LogP contribution in [0.25, 0.3) is 11.1 Å². The fourth-order valence-electron chi connectivity index (χ4n) is 4.32. The molecule has 194 valence electrons. The molecule has 3 aromatic rings. The van der Waals surface area contributed by atoms with Gasteiger partial charge in [-0.25, -0.2) is 9.18 Å². The number of aromatic carboxylic acids is 1. The molecule has 0 saturated carbocycles. The van der Waals surface area contributed by atoms with E-state index < -0.39 is 41.0 Å². The van der Waals surface area contributed by atoms with E-state index in [4.69, 9.17) is 16.3 Å². The molecule has 4 rings (SSSR count). The quantitative estimate of drug-likeness (QED) is 0.405. The average Bonchev–Trinajstić information content (AvgIpc) is 2.84. The number of alkyl halides is 3. The van der Waals surface area contributed by atoms with Crippen LogP contribution < -0.4 is 9.64 Å². The lowest BCUT2D eigenvalue weighted by atomic mass is 9.77. The fraction of sp³-hybridized carbons (Fsp3) is 0.231. The molecule has 0 aromatic heterocycles. The van der Waals surface area contributed by atoms with E-state index in [1.54, 1.807) is 0 Å². The summed E-state index contributed by atoms with van der Waals surface area (Å²) in [7, 11) is 1.39. The highest BCUT2D eigenvalue weighted by Crippen LogP contribution is 2.51. The van der Waals surface area contributed by atoms with Crippen LogP contribution in [0.15, 0.2) is 54.6 Å². The summed E-state index contributed by atoms with van der Waals surface area (Å²) in [5.41, 5.74) is -4.12. The molecule has 11 heteroatoms. The molecule has 0 bridgehead atoms. The van der Waals surface area contributed by atoms with Gasteiger partial charge in [0.1, 0.15) is 11.6 Å². The van der Waals surface area contributed by atoms with E-state index in [9.17, 15) is 37.4 Å². The van der Waals surface area contributed by atoms with Crippen molar-refractivity contribution in [2.75, 3.05) is 18.6 Å². The molecule has 0 unspecified atom stereocenters. The van der Waals surface area contributed by atoms with Crippen LogP contribution in [-0.4, -0.2) is 41.9 Å². The summed E-state index contributed by atoms with van der Waals surface area (Å²) in [6, 6.07) is 10.2. The Bertz CT molecular complexity index is 1410. The molecule has 2 N–H and O–H groups in total. The van der Waals surface area contributed by atoms with E-state index in [1.807, 2.05) is 0 Å². The lowest BCUT2D eigenvalue weighted by Crippen LogP contribution is -2.47. The zero-order valence-electron chi connectivity index (χ0n) is 19.4. The molecule has 1 aliphatic rings. The minimum atomic E-state index is -5.16. The van der Waals surface area contributed by atoms with Crippen LogP contribution in [0.3, 0.4) is 0 Å². The number of likely N-dealkylation sites (N-methyl/N-ethyl adjacent to an activating group) is 1. The Hall–Kier alpha value is -3.63. The highest BCUT2D eigenvalue weighted by molar-refractivity contribution is 6.31. The van der Waals surface area contributed by atoms with E-state index in [0.29, 0.717) is 0 Å². The number of rotatable bonds is 5. The molecule has 1 heterocycles. The number of amides is 1. The number of anilines is 1. The average molecular weight is 538 g/mol. The molecule has 0 aliphatic carbocycles. The highest BCUT2D eigenvalue weighted by atomic mass is 35.5. The summed E-state index contributed by atoms with van der Waals surface area (Å²) >= 11 is 6.34. The number of hydrogen-bond acceptors (Lipinski definition) is 4. The second-order valence-corrected chi connectivity index (χ2v) is 9.05. The predicted octanol–water partition coefficient (Wildman–Crippen LogP) is 5.75. The molecule has 0 fully saturated rings. The van der Waals surface area contributed by atoms with Crippen LogP contribution in [-0.2, 0) is 10.4 Å². The van der Waals surface area contributed by atoms with Crippen molar-refractivity contribution in [2.45, 2.75) is 24.6 Å².